The lowest BCUT2D eigenvalue weighted by Gasteiger charge is -2.32. The molecule has 2 N–H and O–H groups in total. The van der Waals surface area contributed by atoms with Gasteiger partial charge in [-0.1, -0.05) is 6.92 Å². The van der Waals surface area contributed by atoms with Crippen LogP contribution in [0, 0.1) is 12.8 Å². The molecule has 1 fully saturated rings. The van der Waals surface area contributed by atoms with E-state index in [2.05, 4.69) is 32.1 Å². The molecular formula is C22H31N5O2. The molecule has 1 saturated heterocycles. The Labute approximate surface area is 172 Å². The first-order valence-electron chi connectivity index (χ1n) is 10.4. The average Bonchev–Trinajstić information content (AvgIpc) is 2.67. The fourth-order valence-electron chi connectivity index (χ4n) is 4.02. The van der Waals surface area contributed by atoms with Gasteiger partial charge in [-0.05, 0) is 57.7 Å². The summed E-state index contributed by atoms with van der Waals surface area (Å²) >= 11 is 0. The molecule has 2 aromatic heterocycles. The fraction of sp³-hybridized carbons (Fsp3) is 0.545. The highest BCUT2D eigenvalue weighted by atomic mass is 16.1. The quantitative estimate of drug-likeness (QED) is 0.748. The van der Waals surface area contributed by atoms with Crippen molar-refractivity contribution in [3.8, 4) is 11.4 Å². The van der Waals surface area contributed by atoms with Crippen LogP contribution in [0.2, 0.25) is 0 Å². The third-order valence-corrected chi connectivity index (χ3v) is 5.46. The highest BCUT2D eigenvalue weighted by Crippen LogP contribution is 2.16. The first-order chi connectivity index (χ1) is 13.9. The van der Waals surface area contributed by atoms with Crippen molar-refractivity contribution in [2.75, 3.05) is 19.6 Å². The second kappa shape index (κ2) is 9.78. The third-order valence-electron chi connectivity index (χ3n) is 5.46. The van der Waals surface area contributed by atoms with Crippen LogP contribution in [0.5, 0.6) is 0 Å². The van der Waals surface area contributed by atoms with Gasteiger partial charge in [0, 0.05) is 54.8 Å². The summed E-state index contributed by atoms with van der Waals surface area (Å²) in [4.78, 5) is 38.6. The monoisotopic (exact) mass is 397 g/mol. The number of hydrogen-bond acceptors (Lipinski definition) is 5. The normalized spacial score (nSPS) is 18.4. The van der Waals surface area contributed by atoms with Crippen molar-refractivity contribution < 1.29 is 4.79 Å². The van der Waals surface area contributed by atoms with Crippen LogP contribution in [-0.2, 0) is 11.2 Å². The molecule has 2 atom stereocenters. The number of nitrogens with one attached hydrogen (secondary N) is 2. The van der Waals surface area contributed by atoms with Crippen molar-refractivity contribution in [3.63, 3.8) is 0 Å². The number of carbonyl (C=O) groups excluding carboxylic acids is 1. The molecule has 1 aliphatic rings. The van der Waals surface area contributed by atoms with Gasteiger partial charge >= 0.3 is 0 Å². The minimum Gasteiger partial charge on any atom is -0.352 e. The molecule has 7 heteroatoms. The van der Waals surface area contributed by atoms with Crippen molar-refractivity contribution >= 4 is 5.91 Å². The lowest BCUT2D eigenvalue weighted by molar-refractivity contribution is -0.121. The summed E-state index contributed by atoms with van der Waals surface area (Å²) < 4.78 is 0. The Hall–Kier alpha value is -2.54. The van der Waals surface area contributed by atoms with Crippen molar-refractivity contribution in [1.82, 2.24) is 25.2 Å². The molecule has 3 rings (SSSR count). The largest absolute Gasteiger partial charge is 0.352 e. The zero-order chi connectivity index (χ0) is 20.8. The smallest absolute Gasteiger partial charge is 0.254 e. The van der Waals surface area contributed by atoms with Crippen LogP contribution in [0.4, 0.5) is 0 Å². The van der Waals surface area contributed by atoms with Gasteiger partial charge in [0.25, 0.3) is 5.56 Å². The number of aromatic amines is 1. The maximum absolute atomic E-state index is 12.5. The molecule has 156 valence electrons. The van der Waals surface area contributed by atoms with E-state index in [0.717, 1.165) is 31.1 Å². The number of pyridine rings is 1. The Balaban J connectivity index is 1.54. The highest BCUT2D eigenvalue weighted by molar-refractivity contribution is 5.76. The lowest BCUT2D eigenvalue weighted by Crippen LogP contribution is -2.45. The van der Waals surface area contributed by atoms with E-state index in [1.807, 2.05) is 13.8 Å². The Bertz CT molecular complexity index is 881. The van der Waals surface area contributed by atoms with Crippen LogP contribution in [0.1, 0.15) is 44.4 Å². The van der Waals surface area contributed by atoms with Crippen LogP contribution in [0.3, 0.4) is 0 Å². The maximum Gasteiger partial charge on any atom is 0.254 e. The molecule has 0 aromatic carbocycles. The zero-order valence-corrected chi connectivity index (χ0v) is 17.6. The van der Waals surface area contributed by atoms with E-state index in [1.165, 1.54) is 12.8 Å². The molecule has 0 spiro atoms. The lowest BCUT2D eigenvalue weighted by atomic mass is 10.00. The van der Waals surface area contributed by atoms with Gasteiger partial charge < -0.3 is 15.2 Å². The van der Waals surface area contributed by atoms with Crippen LogP contribution in [0.25, 0.3) is 11.4 Å². The van der Waals surface area contributed by atoms with Crippen molar-refractivity contribution in [2.45, 2.75) is 52.5 Å². The predicted octanol–water partition coefficient (Wildman–Crippen LogP) is 2.31. The molecule has 0 saturated carbocycles. The fourth-order valence-corrected chi connectivity index (χ4v) is 4.02. The summed E-state index contributed by atoms with van der Waals surface area (Å²) in [5, 5.41) is 3.07. The summed E-state index contributed by atoms with van der Waals surface area (Å²) in [5.74, 6) is 1.22. The standard InChI is InChI=1S/C22H31N5O2/c1-15-5-4-12-27(13-15)14-16(2)24-20(28)7-6-19-17(3)25-21(26-22(19)29)18-8-10-23-11-9-18/h8-11,15-16H,4-7,12-14H2,1-3H3,(H,24,28)(H,25,26,29). The number of amides is 1. The zero-order valence-electron chi connectivity index (χ0n) is 17.6. The highest BCUT2D eigenvalue weighted by Gasteiger charge is 2.19. The van der Waals surface area contributed by atoms with Gasteiger partial charge in [0.1, 0.15) is 5.82 Å². The number of rotatable bonds is 7. The minimum atomic E-state index is -0.188. The van der Waals surface area contributed by atoms with Gasteiger partial charge in [-0.25, -0.2) is 4.98 Å². The summed E-state index contributed by atoms with van der Waals surface area (Å²) in [5.41, 5.74) is 1.84. The SMILES string of the molecule is Cc1nc(-c2ccncc2)[nH]c(=O)c1CCC(=O)NC(C)CN1CCCC(C)C1. The van der Waals surface area contributed by atoms with Crippen LogP contribution < -0.4 is 10.9 Å². The number of piperidine rings is 1. The van der Waals surface area contributed by atoms with Gasteiger partial charge in [0.05, 0.1) is 0 Å². The second-order valence-electron chi connectivity index (χ2n) is 8.19. The van der Waals surface area contributed by atoms with Crippen LogP contribution in [-0.4, -0.2) is 51.4 Å². The Morgan fingerprint density at radius 3 is 2.83 bits per heavy atom. The number of aryl methyl sites for hydroxylation is 1. The van der Waals surface area contributed by atoms with E-state index < -0.39 is 0 Å². The first kappa shape index (κ1) is 21.2. The molecule has 7 nitrogen and oxygen atoms in total. The number of aromatic nitrogens is 3. The third kappa shape index (κ3) is 5.97. The van der Waals surface area contributed by atoms with E-state index in [-0.39, 0.29) is 23.9 Å². The molecule has 1 amide bonds. The number of likely N-dealkylation sites (tertiary alicyclic amines) is 1. The number of hydrogen-bond donors (Lipinski definition) is 2. The van der Waals surface area contributed by atoms with Gasteiger partial charge in [0.2, 0.25) is 5.91 Å². The van der Waals surface area contributed by atoms with Crippen LogP contribution in [0.15, 0.2) is 29.3 Å². The molecule has 1 aliphatic heterocycles. The first-order valence-corrected chi connectivity index (χ1v) is 10.4. The van der Waals surface area contributed by atoms with Gasteiger partial charge in [-0.3, -0.25) is 14.6 Å². The van der Waals surface area contributed by atoms with Gasteiger partial charge in [-0.15, -0.1) is 0 Å². The van der Waals surface area contributed by atoms with Gasteiger partial charge in [0.15, 0.2) is 0 Å². The maximum atomic E-state index is 12.5. The number of carbonyl (C=O) groups is 1. The molecule has 29 heavy (non-hydrogen) atoms. The molecule has 3 heterocycles. The summed E-state index contributed by atoms with van der Waals surface area (Å²) in [6.07, 6.45) is 6.50. The summed E-state index contributed by atoms with van der Waals surface area (Å²) in [7, 11) is 0. The predicted molar refractivity (Wildman–Crippen MR) is 114 cm³/mol. The molecule has 2 aromatic rings. The topological polar surface area (TPSA) is 91.0 Å². The van der Waals surface area contributed by atoms with E-state index in [0.29, 0.717) is 23.5 Å². The van der Waals surface area contributed by atoms with E-state index >= 15 is 0 Å². The molecule has 0 aliphatic carbocycles. The molecule has 0 radical (unpaired) electrons. The molecule has 2 unspecified atom stereocenters. The number of nitrogens with zero attached hydrogens (tertiary/aromatic N) is 3. The second-order valence-corrected chi connectivity index (χ2v) is 8.19. The minimum absolute atomic E-state index is 0.0282. The van der Waals surface area contributed by atoms with E-state index in [4.69, 9.17) is 0 Å². The Morgan fingerprint density at radius 1 is 1.38 bits per heavy atom. The molecule has 0 bridgehead atoms. The average molecular weight is 398 g/mol. The summed E-state index contributed by atoms with van der Waals surface area (Å²) in [6, 6.07) is 3.70. The van der Waals surface area contributed by atoms with Crippen molar-refractivity contribution in [2.24, 2.45) is 5.92 Å². The Morgan fingerprint density at radius 2 is 2.14 bits per heavy atom. The molecular weight excluding hydrogens is 366 g/mol. The van der Waals surface area contributed by atoms with Crippen molar-refractivity contribution in [1.29, 1.82) is 0 Å². The van der Waals surface area contributed by atoms with Gasteiger partial charge in [-0.2, -0.15) is 0 Å². The Kier molecular flexibility index (Phi) is 7.14. The van der Waals surface area contributed by atoms with E-state index in [1.54, 1.807) is 24.5 Å². The number of H-pyrrole nitrogens is 1. The summed E-state index contributed by atoms with van der Waals surface area (Å²) in [6.45, 7) is 9.22. The van der Waals surface area contributed by atoms with Crippen LogP contribution >= 0.6 is 0 Å². The van der Waals surface area contributed by atoms with Crippen molar-refractivity contribution in [3.05, 3.63) is 46.1 Å². The van der Waals surface area contributed by atoms with E-state index in [9.17, 15) is 9.59 Å².